The lowest BCUT2D eigenvalue weighted by Gasteiger charge is -2.17. The first-order valence-corrected chi connectivity index (χ1v) is 9.38. The van der Waals surface area contributed by atoms with Gasteiger partial charge in [-0.05, 0) is 36.8 Å². The number of nitrogens with one attached hydrogen (secondary N) is 2. The van der Waals surface area contributed by atoms with Gasteiger partial charge in [-0.15, -0.1) is 0 Å². The van der Waals surface area contributed by atoms with Crippen molar-refractivity contribution in [2.75, 3.05) is 13.2 Å². The number of hydrogen-bond acceptors (Lipinski definition) is 4. The van der Waals surface area contributed by atoms with E-state index in [0.29, 0.717) is 34.4 Å². The molecule has 0 saturated heterocycles. The van der Waals surface area contributed by atoms with Crippen molar-refractivity contribution in [3.63, 3.8) is 0 Å². The summed E-state index contributed by atoms with van der Waals surface area (Å²) in [7, 11) is 0. The number of hydrazine groups is 1. The number of benzene rings is 2. The zero-order valence-corrected chi connectivity index (χ0v) is 16.3. The van der Waals surface area contributed by atoms with Gasteiger partial charge in [-0.2, -0.15) is 0 Å². The van der Waals surface area contributed by atoms with Crippen LogP contribution >= 0.6 is 23.2 Å². The molecule has 0 fully saturated rings. The largest absolute Gasteiger partial charge is 0.492 e. The molecule has 28 heavy (non-hydrogen) atoms. The lowest BCUT2D eigenvalue weighted by atomic mass is 10.1. The van der Waals surface area contributed by atoms with Crippen molar-refractivity contribution in [3.8, 4) is 11.5 Å². The number of fused-ring (bicyclic) bond motifs is 1. The average molecular weight is 421 g/mol. The summed E-state index contributed by atoms with van der Waals surface area (Å²) in [5, 5.41) is 0.934. The second-order valence-electron chi connectivity index (χ2n) is 6.03. The number of amides is 2. The smallest absolute Gasteiger partial charge is 0.269 e. The van der Waals surface area contributed by atoms with Gasteiger partial charge in [0.15, 0.2) is 0 Å². The molecule has 0 unspecified atom stereocenters. The van der Waals surface area contributed by atoms with E-state index >= 15 is 0 Å². The van der Waals surface area contributed by atoms with Crippen molar-refractivity contribution in [3.05, 3.63) is 63.6 Å². The van der Waals surface area contributed by atoms with Gasteiger partial charge in [0, 0.05) is 17.0 Å². The molecule has 2 aromatic carbocycles. The van der Waals surface area contributed by atoms with Gasteiger partial charge in [-0.3, -0.25) is 20.4 Å². The van der Waals surface area contributed by atoms with E-state index in [1.165, 1.54) is 0 Å². The van der Waals surface area contributed by atoms with Crippen LogP contribution in [0.15, 0.2) is 48.0 Å². The SMILES string of the molecule is O=C(CCCOc1ccc(Cl)cc1Cl)NNC(=O)C1=Cc2ccccc2OC1. The predicted octanol–water partition coefficient (Wildman–Crippen LogP) is 3.78. The molecule has 3 rings (SSSR count). The topological polar surface area (TPSA) is 76.7 Å². The van der Waals surface area contributed by atoms with Crippen molar-refractivity contribution in [1.82, 2.24) is 10.9 Å². The number of carbonyl (C=O) groups is 2. The molecule has 6 nitrogen and oxygen atoms in total. The molecular weight excluding hydrogens is 403 g/mol. The maximum atomic E-state index is 12.2. The lowest BCUT2D eigenvalue weighted by molar-refractivity contribution is -0.127. The Morgan fingerprint density at radius 1 is 1.11 bits per heavy atom. The van der Waals surface area contributed by atoms with Crippen LogP contribution in [0.1, 0.15) is 18.4 Å². The third-order valence-corrected chi connectivity index (χ3v) is 4.47. The molecule has 0 aliphatic carbocycles. The van der Waals surface area contributed by atoms with Gasteiger partial charge in [0.05, 0.1) is 17.2 Å². The van der Waals surface area contributed by atoms with Crippen LogP contribution in [0.2, 0.25) is 10.0 Å². The van der Waals surface area contributed by atoms with E-state index in [1.54, 1.807) is 24.3 Å². The van der Waals surface area contributed by atoms with Crippen LogP contribution in [0.3, 0.4) is 0 Å². The van der Waals surface area contributed by atoms with Gasteiger partial charge < -0.3 is 9.47 Å². The molecule has 0 spiro atoms. The van der Waals surface area contributed by atoms with E-state index in [9.17, 15) is 9.59 Å². The second-order valence-corrected chi connectivity index (χ2v) is 6.87. The molecule has 2 amide bonds. The Morgan fingerprint density at radius 2 is 1.93 bits per heavy atom. The summed E-state index contributed by atoms with van der Waals surface area (Å²) in [6.07, 6.45) is 2.38. The number of halogens is 2. The van der Waals surface area contributed by atoms with E-state index < -0.39 is 5.91 Å². The highest BCUT2D eigenvalue weighted by molar-refractivity contribution is 6.35. The van der Waals surface area contributed by atoms with Gasteiger partial charge in [0.25, 0.3) is 5.91 Å². The highest BCUT2D eigenvalue weighted by Crippen LogP contribution is 2.27. The maximum Gasteiger partial charge on any atom is 0.269 e. The Balaban J connectivity index is 1.38. The molecule has 2 aromatic rings. The Morgan fingerprint density at radius 3 is 2.75 bits per heavy atom. The molecule has 8 heteroatoms. The van der Waals surface area contributed by atoms with Crippen LogP contribution in [0.4, 0.5) is 0 Å². The second kappa shape index (κ2) is 9.48. The van der Waals surface area contributed by atoms with E-state index in [1.807, 2.05) is 24.3 Å². The Hall–Kier alpha value is -2.70. The number of hydrogen-bond donors (Lipinski definition) is 2. The van der Waals surface area contributed by atoms with Gasteiger partial charge >= 0.3 is 0 Å². The van der Waals surface area contributed by atoms with Crippen LogP contribution in [-0.2, 0) is 9.59 Å². The Kier molecular flexibility index (Phi) is 6.79. The number of para-hydroxylation sites is 1. The van der Waals surface area contributed by atoms with Crippen molar-refractivity contribution in [2.24, 2.45) is 0 Å². The summed E-state index contributed by atoms with van der Waals surface area (Å²) in [4.78, 5) is 24.0. The molecule has 1 aliphatic heterocycles. The zero-order chi connectivity index (χ0) is 19.9. The standard InChI is InChI=1S/C20H18Cl2N2O4/c21-15-7-8-18(16(22)11-15)27-9-3-6-19(25)23-24-20(26)14-10-13-4-1-2-5-17(13)28-12-14/h1-2,4-5,7-8,10-11H,3,6,9,12H2,(H,23,25)(H,24,26). The van der Waals surface area contributed by atoms with Gasteiger partial charge in [0.2, 0.25) is 5.91 Å². The normalized spacial score (nSPS) is 12.3. The molecule has 1 aliphatic rings. The summed E-state index contributed by atoms with van der Waals surface area (Å²) in [5.74, 6) is 0.497. The fraction of sp³-hybridized carbons (Fsp3) is 0.200. The molecule has 146 valence electrons. The molecule has 1 heterocycles. The average Bonchev–Trinajstić information content (AvgIpc) is 2.70. The summed E-state index contributed by atoms with van der Waals surface area (Å²) in [6.45, 7) is 0.451. The predicted molar refractivity (Wildman–Crippen MR) is 107 cm³/mol. The molecule has 0 aromatic heterocycles. The molecule has 0 radical (unpaired) electrons. The van der Waals surface area contributed by atoms with E-state index in [-0.39, 0.29) is 18.9 Å². The molecule has 0 bridgehead atoms. The van der Waals surface area contributed by atoms with Crippen LogP contribution in [0.25, 0.3) is 6.08 Å². The maximum absolute atomic E-state index is 12.2. The number of carbonyl (C=O) groups excluding carboxylic acids is 2. The first-order valence-electron chi connectivity index (χ1n) is 8.62. The van der Waals surface area contributed by atoms with Gasteiger partial charge in [-0.25, -0.2) is 0 Å². The van der Waals surface area contributed by atoms with Crippen molar-refractivity contribution in [2.45, 2.75) is 12.8 Å². The first kappa shape index (κ1) is 20.0. The zero-order valence-electron chi connectivity index (χ0n) is 14.8. The van der Waals surface area contributed by atoms with Gasteiger partial charge in [0.1, 0.15) is 18.1 Å². The highest BCUT2D eigenvalue weighted by atomic mass is 35.5. The summed E-state index contributed by atoms with van der Waals surface area (Å²) < 4.78 is 11.0. The molecule has 0 atom stereocenters. The Bertz CT molecular complexity index is 915. The van der Waals surface area contributed by atoms with E-state index in [0.717, 1.165) is 11.3 Å². The summed E-state index contributed by atoms with van der Waals surface area (Å²) in [6, 6.07) is 12.3. The van der Waals surface area contributed by atoms with Crippen LogP contribution in [0, 0.1) is 0 Å². The number of ether oxygens (including phenoxy) is 2. The third-order valence-electron chi connectivity index (χ3n) is 3.94. The summed E-state index contributed by atoms with van der Waals surface area (Å²) in [5.41, 5.74) is 6.03. The van der Waals surface area contributed by atoms with Gasteiger partial charge in [-0.1, -0.05) is 41.4 Å². The van der Waals surface area contributed by atoms with Crippen molar-refractivity contribution in [1.29, 1.82) is 0 Å². The fourth-order valence-corrected chi connectivity index (χ4v) is 2.99. The minimum absolute atomic E-state index is 0.147. The van der Waals surface area contributed by atoms with E-state index in [2.05, 4.69) is 10.9 Å². The lowest BCUT2D eigenvalue weighted by Crippen LogP contribution is -2.43. The third kappa shape index (κ3) is 5.41. The minimum atomic E-state index is -0.410. The minimum Gasteiger partial charge on any atom is -0.492 e. The quantitative estimate of drug-likeness (QED) is 0.550. The van der Waals surface area contributed by atoms with Crippen molar-refractivity contribution >= 4 is 41.1 Å². The fourth-order valence-electron chi connectivity index (χ4n) is 2.52. The van der Waals surface area contributed by atoms with E-state index in [4.69, 9.17) is 32.7 Å². The monoisotopic (exact) mass is 420 g/mol. The molecular formula is C20H18Cl2N2O4. The van der Waals surface area contributed by atoms with Crippen LogP contribution < -0.4 is 20.3 Å². The van der Waals surface area contributed by atoms with Crippen molar-refractivity contribution < 1.29 is 19.1 Å². The summed E-state index contributed by atoms with van der Waals surface area (Å²) >= 11 is 11.8. The molecule has 0 saturated carbocycles. The highest BCUT2D eigenvalue weighted by Gasteiger charge is 2.17. The molecule has 2 N–H and O–H groups in total. The first-order chi connectivity index (χ1) is 13.5. The van der Waals surface area contributed by atoms with Crippen LogP contribution in [-0.4, -0.2) is 25.0 Å². The number of rotatable bonds is 6. The Labute approximate surface area is 172 Å². The van der Waals surface area contributed by atoms with Crippen LogP contribution in [0.5, 0.6) is 11.5 Å².